The standard InChI is InChI=1S/C17H16BrNOS2/c18-11-5-3-8(4-6-11)12-13-9-1-2-10(7-9)14(13)21-16-15(12)22-17(20)19-16/h3-6,9-10,12-14H,1-2,7H2,(H,19,20)/t9-,10+,12+,13-,14+/m1/s1. The summed E-state index contributed by atoms with van der Waals surface area (Å²) < 4.78 is 1.12. The number of aromatic amines is 1. The van der Waals surface area contributed by atoms with Crippen molar-refractivity contribution in [2.24, 2.45) is 17.8 Å². The summed E-state index contributed by atoms with van der Waals surface area (Å²) in [5.41, 5.74) is 1.38. The van der Waals surface area contributed by atoms with Crippen molar-refractivity contribution in [2.75, 3.05) is 0 Å². The van der Waals surface area contributed by atoms with Crippen molar-refractivity contribution >= 4 is 39.0 Å². The van der Waals surface area contributed by atoms with Crippen molar-refractivity contribution in [3.63, 3.8) is 0 Å². The Morgan fingerprint density at radius 1 is 1.14 bits per heavy atom. The number of rotatable bonds is 1. The fourth-order valence-corrected chi connectivity index (χ4v) is 8.05. The quantitative estimate of drug-likeness (QED) is 0.750. The summed E-state index contributed by atoms with van der Waals surface area (Å²) in [5.74, 6) is 2.83. The van der Waals surface area contributed by atoms with E-state index in [-0.39, 0.29) is 4.87 Å². The molecule has 0 saturated heterocycles. The van der Waals surface area contributed by atoms with E-state index in [9.17, 15) is 4.79 Å². The number of hydrogen-bond donors (Lipinski definition) is 1. The third-order valence-electron chi connectivity index (χ3n) is 5.69. The fraction of sp³-hybridized carbons (Fsp3) is 0.471. The van der Waals surface area contributed by atoms with Gasteiger partial charge in [0.25, 0.3) is 0 Å². The molecule has 1 N–H and O–H groups in total. The van der Waals surface area contributed by atoms with Gasteiger partial charge >= 0.3 is 4.87 Å². The Kier molecular flexibility index (Phi) is 3.15. The second-order valence-electron chi connectivity index (χ2n) is 6.73. The van der Waals surface area contributed by atoms with Crippen LogP contribution in [0.5, 0.6) is 0 Å². The highest BCUT2D eigenvalue weighted by molar-refractivity contribution is 9.10. The van der Waals surface area contributed by atoms with E-state index >= 15 is 0 Å². The SMILES string of the molecule is O=c1[nH]c2c(s1)[C@@H](c1ccc(Br)cc1)[C@H]1[C@@H]3CC[C@@H](C3)[C@@H]1S2. The van der Waals surface area contributed by atoms with Gasteiger partial charge in [0.2, 0.25) is 0 Å². The molecule has 1 aliphatic heterocycles. The minimum atomic E-state index is 0.104. The van der Waals surface area contributed by atoms with Crippen LogP contribution in [0.1, 0.15) is 35.6 Å². The van der Waals surface area contributed by atoms with E-state index in [0.29, 0.717) is 17.1 Å². The molecular weight excluding hydrogens is 378 g/mol. The molecule has 2 fully saturated rings. The van der Waals surface area contributed by atoms with Crippen LogP contribution >= 0.6 is 39.0 Å². The summed E-state index contributed by atoms with van der Waals surface area (Å²) in [5, 5.41) is 1.85. The number of fused-ring (bicyclic) bond motifs is 6. The zero-order valence-electron chi connectivity index (χ0n) is 11.9. The molecule has 5 atom stereocenters. The lowest BCUT2D eigenvalue weighted by molar-refractivity contribution is 0.307. The number of H-pyrrole nitrogens is 1. The molecule has 2 heterocycles. The molecule has 5 rings (SSSR count). The molecule has 114 valence electrons. The number of hydrogen-bond acceptors (Lipinski definition) is 3. The van der Waals surface area contributed by atoms with Crippen LogP contribution in [0.4, 0.5) is 0 Å². The Labute approximate surface area is 145 Å². The number of thioether (sulfide) groups is 1. The highest BCUT2D eigenvalue weighted by atomic mass is 79.9. The fourth-order valence-electron chi connectivity index (χ4n) is 4.89. The normalized spacial score (nSPS) is 35.4. The highest BCUT2D eigenvalue weighted by Crippen LogP contribution is 2.63. The third-order valence-corrected chi connectivity index (χ3v) is 8.85. The number of aromatic nitrogens is 1. The van der Waals surface area contributed by atoms with E-state index in [1.165, 1.54) is 41.0 Å². The predicted octanol–water partition coefficient (Wildman–Crippen LogP) is 4.85. The maximum Gasteiger partial charge on any atom is 0.305 e. The number of nitrogens with one attached hydrogen (secondary N) is 1. The Morgan fingerprint density at radius 3 is 2.73 bits per heavy atom. The topological polar surface area (TPSA) is 32.9 Å². The molecule has 0 amide bonds. The van der Waals surface area contributed by atoms with Crippen LogP contribution < -0.4 is 4.87 Å². The number of thiazole rings is 1. The first kappa shape index (κ1) is 13.9. The van der Waals surface area contributed by atoms with E-state index < -0.39 is 0 Å². The van der Waals surface area contributed by atoms with E-state index in [0.717, 1.165) is 21.3 Å². The van der Waals surface area contributed by atoms with Crippen molar-refractivity contribution in [3.8, 4) is 0 Å². The van der Waals surface area contributed by atoms with Gasteiger partial charge in [-0.05, 0) is 54.7 Å². The van der Waals surface area contributed by atoms with Gasteiger partial charge in [0.05, 0.1) is 5.03 Å². The molecule has 0 unspecified atom stereocenters. The molecule has 22 heavy (non-hydrogen) atoms. The van der Waals surface area contributed by atoms with E-state index in [4.69, 9.17) is 0 Å². The van der Waals surface area contributed by atoms with Gasteiger partial charge in [0.15, 0.2) is 0 Å². The number of halogens is 1. The molecule has 1 aromatic carbocycles. The van der Waals surface area contributed by atoms with Gasteiger partial charge in [-0.25, -0.2) is 0 Å². The molecule has 0 radical (unpaired) electrons. The molecular formula is C17H16BrNOS2. The van der Waals surface area contributed by atoms with Crippen LogP contribution in [0.15, 0.2) is 38.6 Å². The predicted molar refractivity (Wildman–Crippen MR) is 94.9 cm³/mol. The van der Waals surface area contributed by atoms with Crippen LogP contribution in [0.25, 0.3) is 0 Å². The summed E-state index contributed by atoms with van der Waals surface area (Å²) in [4.78, 5) is 16.4. The van der Waals surface area contributed by atoms with Gasteiger partial charge in [-0.1, -0.05) is 39.4 Å². The van der Waals surface area contributed by atoms with Gasteiger partial charge < -0.3 is 4.98 Å². The first-order valence-electron chi connectivity index (χ1n) is 7.86. The first-order valence-corrected chi connectivity index (χ1v) is 10.3. The average Bonchev–Trinajstić information content (AvgIpc) is 3.19. The van der Waals surface area contributed by atoms with E-state index in [1.54, 1.807) is 0 Å². The summed E-state index contributed by atoms with van der Waals surface area (Å²) in [6.45, 7) is 0. The van der Waals surface area contributed by atoms with E-state index in [1.807, 2.05) is 11.8 Å². The zero-order chi connectivity index (χ0) is 14.8. The van der Waals surface area contributed by atoms with E-state index in [2.05, 4.69) is 45.2 Å². The van der Waals surface area contributed by atoms with Crippen LogP contribution in [0.2, 0.25) is 0 Å². The monoisotopic (exact) mass is 393 g/mol. The van der Waals surface area contributed by atoms with Gasteiger partial charge in [0.1, 0.15) is 0 Å². The van der Waals surface area contributed by atoms with Crippen molar-refractivity contribution < 1.29 is 0 Å². The molecule has 2 nitrogen and oxygen atoms in total. The van der Waals surface area contributed by atoms with Crippen LogP contribution in [-0.4, -0.2) is 10.2 Å². The molecule has 2 bridgehead atoms. The molecule has 5 heteroatoms. The van der Waals surface area contributed by atoms with Crippen molar-refractivity contribution in [2.45, 2.75) is 35.5 Å². The molecule has 2 saturated carbocycles. The minimum Gasteiger partial charge on any atom is -0.307 e. The maximum absolute atomic E-state index is 11.9. The summed E-state index contributed by atoms with van der Waals surface area (Å²) in [6.07, 6.45) is 4.16. The van der Waals surface area contributed by atoms with Gasteiger partial charge in [-0.3, -0.25) is 4.79 Å². The van der Waals surface area contributed by atoms with Crippen molar-refractivity contribution in [1.29, 1.82) is 0 Å². The van der Waals surface area contributed by atoms with Crippen molar-refractivity contribution in [3.05, 3.63) is 48.8 Å². The largest absolute Gasteiger partial charge is 0.307 e. The van der Waals surface area contributed by atoms with Crippen LogP contribution in [0.3, 0.4) is 0 Å². The van der Waals surface area contributed by atoms with Gasteiger partial charge in [0, 0.05) is 20.5 Å². The second-order valence-corrected chi connectivity index (χ2v) is 9.85. The average molecular weight is 394 g/mol. The highest BCUT2D eigenvalue weighted by Gasteiger charge is 2.54. The maximum atomic E-state index is 11.9. The second kappa shape index (κ2) is 4.99. The lowest BCUT2D eigenvalue weighted by Crippen LogP contribution is -2.33. The summed E-state index contributed by atoms with van der Waals surface area (Å²) in [7, 11) is 0. The van der Waals surface area contributed by atoms with Crippen molar-refractivity contribution in [1.82, 2.24) is 4.98 Å². The lowest BCUT2D eigenvalue weighted by Gasteiger charge is -2.40. The molecule has 3 aliphatic rings. The number of benzene rings is 1. The summed E-state index contributed by atoms with van der Waals surface area (Å²) >= 11 is 6.93. The zero-order valence-corrected chi connectivity index (χ0v) is 15.1. The van der Waals surface area contributed by atoms with Gasteiger partial charge in [-0.15, -0.1) is 11.8 Å². The Morgan fingerprint density at radius 2 is 1.91 bits per heavy atom. The van der Waals surface area contributed by atoms with Crippen LogP contribution in [0, 0.1) is 17.8 Å². The smallest absolute Gasteiger partial charge is 0.305 e. The lowest BCUT2D eigenvalue weighted by atomic mass is 9.75. The first-order chi connectivity index (χ1) is 10.7. The van der Waals surface area contributed by atoms with Gasteiger partial charge in [-0.2, -0.15) is 0 Å². The van der Waals surface area contributed by atoms with Crippen LogP contribution in [-0.2, 0) is 0 Å². The third kappa shape index (κ3) is 1.95. The molecule has 0 spiro atoms. The Hall–Kier alpha value is -0.520. The molecule has 2 aliphatic carbocycles. The molecule has 1 aromatic heterocycles. The summed E-state index contributed by atoms with van der Waals surface area (Å²) in [6, 6.07) is 8.74. The Balaban J connectivity index is 1.68. The minimum absolute atomic E-state index is 0.104. The Bertz CT molecular complexity index is 781. The molecule has 2 aromatic rings.